The van der Waals surface area contributed by atoms with Gasteiger partial charge in [0.05, 0.1) is 0 Å². The average Bonchev–Trinajstić information content (AvgIpc) is 2.31. The van der Waals surface area contributed by atoms with E-state index in [1.165, 1.54) is 24.2 Å². The zero-order chi connectivity index (χ0) is 12.0. The largest absolute Gasteiger partial charge is 0.385 e. The van der Waals surface area contributed by atoms with Crippen LogP contribution in [-0.4, -0.2) is 20.6 Å². The molecule has 0 spiro atoms. The van der Waals surface area contributed by atoms with E-state index >= 15 is 0 Å². The van der Waals surface area contributed by atoms with Gasteiger partial charge in [0, 0.05) is 32.0 Å². The third-order valence-electron chi connectivity index (χ3n) is 3.13. The summed E-state index contributed by atoms with van der Waals surface area (Å²) in [5, 5.41) is 3.49. The normalized spacial score (nSPS) is 10.6. The molecule has 0 bridgehead atoms. The van der Waals surface area contributed by atoms with E-state index in [9.17, 15) is 0 Å². The molecule has 0 aliphatic rings. The van der Waals surface area contributed by atoms with Crippen molar-refractivity contribution in [3.8, 4) is 0 Å². The molecule has 0 radical (unpaired) electrons. The predicted octanol–water partition coefficient (Wildman–Crippen LogP) is 3.60. The van der Waals surface area contributed by atoms with Gasteiger partial charge in [-0.3, -0.25) is 0 Å². The SMILES string of the molecule is CCC(CC)CNc1ccc(N(C)C)cc1. The molecule has 0 aromatic heterocycles. The van der Waals surface area contributed by atoms with E-state index in [0.29, 0.717) is 0 Å². The highest BCUT2D eigenvalue weighted by Crippen LogP contribution is 2.16. The van der Waals surface area contributed by atoms with E-state index in [2.05, 4.69) is 62.4 Å². The molecule has 0 atom stereocenters. The molecule has 0 unspecified atom stereocenters. The van der Waals surface area contributed by atoms with Crippen molar-refractivity contribution in [1.29, 1.82) is 0 Å². The molecule has 90 valence electrons. The molecule has 1 aromatic carbocycles. The van der Waals surface area contributed by atoms with Crippen molar-refractivity contribution in [1.82, 2.24) is 0 Å². The fraction of sp³-hybridized carbons (Fsp3) is 0.571. The zero-order valence-corrected chi connectivity index (χ0v) is 11.0. The van der Waals surface area contributed by atoms with Gasteiger partial charge in [-0.25, -0.2) is 0 Å². The maximum atomic E-state index is 3.49. The maximum absolute atomic E-state index is 3.49. The predicted molar refractivity (Wildman–Crippen MR) is 73.3 cm³/mol. The van der Waals surface area contributed by atoms with E-state index in [0.717, 1.165) is 12.5 Å². The average molecular weight is 220 g/mol. The second-order valence-corrected chi connectivity index (χ2v) is 4.50. The van der Waals surface area contributed by atoms with E-state index in [1.807, 2.05) is 0 Å². The van der Waals surface area contributed by atoms with E-state index in [-0.39, 0.29) is 0 Å². The van der Waals surface area contributed by atoms with Crippen molar-refractivity contribution in [2.75, 3.05) is 30.9 Å². The van der Waals surface area contributed by atoms with Crippen molar-refractivity contribution < 1.29 is 0 Å². The van der Waals surface area contributed by atoms with Crippen molar-refractivity contribution in [2.24, 2.45) is 5.92 Å². The number of anilines is 2. The summed E-state index contributed by atoms with van der Waals surface area (Å²) in [6.07, 6.45) is 2.50. The molecule has 1 aromatic rings. The Labute approximate surface area is 99.7 Å². The minimum Gasteiger partial charge on any atom is -0.385 e. The Bertz CT molecular complexity index is 286. The summed E-state index contributed by atoms with van der Waals surface area (Å²) in [5.74, 6) is 0.786. The second-order valence-electron chi connectivity index (χ2n) is 4.50. The first-order valence-corrected chi connectivity index (χ1v) is 6.18. The van der Waals surface area contributed by atoms with Gasteiger partial charge in [0.15, 0.2) is 0 Å². The Morgan fingerprint density at radius 3 is 2.06 bits per heavy atom. The highest BCUT2D eigenvalue weighted by molar-refractivity contribution is 5.54. The molecule has 1 rings (SSSR count). The quantitative estimate of drug-likeness (QED) is 0.788. The van der Waals surface area contributed by atoms with Gasteiger partial charge in [0.1, 0.15) is 0 Å². The minimum absolute atomic E-state index is 0.786. The molecular formula is C14H24N2. The lowest BCUT2D eigenvalue weighted by Crippen LogP contribution is -2.13. The maximum Gasteiger partial charge on any atom is 0.0362 e. The highest BCUT2D eigenvalue weighted by atomic mass is 15.1. The number of hydrogen-bond donors (Lipinski definition) is 1. The first-order valence-electron chi connectivity index (χ1n) is 6.18. The van der Waals surface area contributed by atoms with Gasteiger partial charge >= 0.3 is 0 Å². The van der Waals surface area contributed by atoms with Gasteiger partial charge in [0.2, 0.25) is 0 Å². The molecule has 0 amide bonds. The monoisotopic (exact) mass is 220 g/mol. The van der Waals surface area contributed by atoms with Crippen LogP contribution in [0.5, 0.6) is 0 Å². The molecular weight excluding hydrogens is 196 g/mol. The molecule has 16 heavy (non-hydrogen) atoms. The Morgan fingerprint density at radius 1 is 1.06 bits per heavy atom. The molecule has 0 heterocycles. The van der Waals surface area contributed by atoms with Crippen LogP contribution in [0.3, 0.4) is 0 Å². The highest BCUT2D eigenvalue weighted by Gasteiger charge is 2.02. The van der Waals surface area contributed by atoms with Crippen LogP contribution < -0.4 is 10.2 Å². The van der Waals surface area contributed by atoms with Crippen molar-refractivity contribution in [2.45, 2.75) is 26.7 Å². The molecule has 0 saturated heterocycles. The Kier molecular flexibility index (Phi) is 5.17. The van der Waals surface area contributed by atoms with Crippen LogP contribution in [0.25, 0.3) is 0 Å². The van der Waals surface area contributed by atoms with E-state index in [1.54, 1.807) is 0 Å². The summed E-state index contributed by atoms with van der Waals surface area (Å²) in [7, 11) is 4.12. The van der Waals surface area contributed by atoms with Crippen LogP contribution in [0.1, 0.15) is 26.7 Å². The lowest BCUT2D eigenvalue weighted by molar-refractivity contribution is 0.519. The summed E-state index contributed by atoms with van der Waals surface area (Å²) in [5.41, 5.74) is 2.46. The van der Waals surface area contributed by atoms with Crippen molar-refractivity contribution >= 4 is 11.4 Å². The third kappa shape index (κ3) is 3.76. The number of hydrogen-bond acceptors (Lipinski definition) is 2. The Morgan fingerprint density at radius 2 is 1.62 bits per heavy atom. The first kappa shape index (κ1) is 12.9. The van der Waals surface area contributed by atoms with Gasteiger partial charge in [-0.15, -0.1) is 0 Å². The van der Waals surface area contributed by atoms with Crippen LogP contribution >= 0.6 is 0 Å². The third-order valence-corrected chi connectivity index (χ3v) is 3.13. The molecule has 2 heteroatoms. The summed E-state index contributed by atoms with van der Waals surface area (Å²) in [6, 6.07) is 8.60. The topological polar surface area (TPSA) is 15.3 Å². The number of nitrogens with zero attached hydrogens (tertiary/aromatic N) is 1. The zero-order valence-electron chi connectivity index (χ0n) is 11.0. The van der Waals surface area contributed by atoms with Gasteiger partial charge in [-0.1, -0.05) is 26.7 Å². The molecule has 2 nitrogen and oxygen atoms in total. The summed E-state index contributed by atoms with van der Waals surface area (Å²) < 4.78 is 0. The summed E-state index contributed by atoms with van der Waals surface area (Å²) >= 11 is 0. The van der Waals surface area contributed by atoms with Gasteiger partial charge in [0.25, 0.3) is 0 Å². The number of rotatable bonds is 6. The van der Waals surface area contributed by atoms with Gasteiger partial charge in [-0.2, -0.15) is 0 Å². The van der Waals surface area contributed by atoms with E-state index < -0.39 is 0 Å². The molecule has 0 aliphatic carbocycles. The Balaban J connectivity index is 2.49. The molecule has 1 N–H and O–H groups in total. The first-order chi connectivity index (χ1) is 7.67. The fourth-order valence-corrected chi connectivity index (χ4v) is 1.72. The fourth-order valence-electron chi connectivity index (χ4n) is 1.72. The van der Waals surface area contributed by atoms with Gasteiger partial charge in [-0.05, 0) is 30.2 Å². The second kappa shape index (κ2) is 6.41. The standard InChI is InChI=1S/C14H24N2/c1-5-12(6-2)11-15-13-7-9-14(10-8-13)16(3)4/h7-10,12,15H,5-6,11H2,1-4H3. The van der Waals surface area contributed by atoms with Crippen LogP contribution in [-0.2, 0) is 0 Å². The van der Waals surface area contributed by atoms with Crippen molar-refractivity contribution in [3.05, 3.63) is 24.3 Å². The van der Waals surface area contributed by atoms with Crippen LogP contribution in [0.4, 0.5) is 11.4 Å². The lowest BCUT2D eigenvalue weighted by atomic mass is 10.0. The van der Waals surface area contributed by atoms with Crippen molar-refractivity contribution in [3.63, 3.8) is 0 Å². The molecule has 0 saturated carbocycles. The van der Waals surface area contributed by atoms with Crippen LogP contribution in [0.15, 0.2) is 24.3 Å². The number of nitrogens with one attached hydrogen (secondary N) is 1. The van der Waals surface area contributed by atoms with E-state index in [4.69, 9.17) is 0 Å². The summed E-state index contributed by atoms with van der Waals surface area (Å²) in [6.45, 7) is 5.59. The summed E-state index contributed by atoms with van der Waals surface area (Å²) in [4.78, 5) is 2.12. The lowest BCUT2D eigenvalue weighted by Gasteiger charge is -2.16. The van der Waals surface area contributed by atoms with Gasteiger partial charge < -0.3 is 10.2 Å². The van der Waals surface area contributed by atoms with Crippen LogP contribution in [0.2, 0.25) is 0 Å². The van der Waals surface area contributed by atoms with Crippen LogP contribution in [0, 0.1) is 5.92 Å². The minimum atomic E-state index is 0.786. The smallest absolute Gasteiger partial charge is 0.0362 e. The number of benzene rings is 1. The molecule has 0 fully saturated rings. The Hall–Kier alpha value is -1.18. The molecule has 0 aliphatic heterocycles.